The number of anilines is 1. The van der Waals surface area contributed by atoms with Crippen molar-refractivity contribution < 1.29 is 14.2 Å². The van der Waals surface area contributed by atoms with Crippen molar-refractivity contribution in [3.8, 4) is 17.2 Å². The van der Waals surface area contributed by atoms with Gasteiger partial charge in [0.15, 0.2) is 5.65 Å². The van der Waals surface area contributed by atoms with Crippen molar-refractivity contribution in [3.63, 3.8) is 0 Å². The summed E-state index contributed by atoms with van der Waals surface area (Å²) < 4.78 is 18.3. The Hall–Kier alpha value is -3.48. The monoisotopic (exact) mass is 378 g/mol. The van der Waals surface area contributed by atoms with Crippen LogP contribution in [0.3, 0.4) is 0 Å². The first kappa shape index (κ1) is 17.9. The van der Waals surface area contributed by atoms with Crippen LogP contribution in [-0.2, 0) is 6.54 Å². The minimum absolute atomic E-state index is 0.483. The zero-order valence-electron chi connectivity index (χ0n) is 16.3. The summed E-state index contributed by atoms with van der Waals surface area (Å²) in [4.78, 5) is 4.77. The van der Waals surface area contributed by atoms with Gasteiger partial charge in [-0.2, -0.15) is 5.10 Å². The van der Waals surface area contributed by atoms with E-state index in [0.29, 0.717) is 23.8 Å². The summed E-state index contributed by atoms with van der Waals surface area (Å²) in [7, 11) is 4.88. The molecule has 2 aromatic heterocycles. The molecule has 0 unspecified atom stereocenters. The number of rotatable bonds is 6. The van der Waals surface area contributed by atoms with Crippen LogP contribution in [0.2, 0.25) is 0 Å². The number of nitrogens with one attached hydrogen (secondary N) is 1. The van der Waals surface area contributed by atoms with E-state index in [9.17, 15) is 0 Å². The van der Waals surface area contributed by atoms with Crippen LogP contribution in [0.15, 0.2) is 42.5 Å². The van der Waals surface area contributed by atoms with E-state index in [1.165, 1.54) is 0 Å². The third kappa shape index (κ3) is 3.05. The van der Waals surface area contributed by atoms with Crippen molar-refractivity contribution in [3.05, 3.63) is 53.7 Å². The van der Waals surface area contributed by atoms with Gasteiger partial charge in [-0.3, -0.25) is 0 Å². The van der Waals surface area contributed by atoms with Crippen molar-refractivity contribution in [2.45, 2.75) is 13.5 Å². The number of para-hydroxylation sites is 1. The number of fused-ring (bicyclic) bond motifs is 3. The number of aromatic nitrogens is 3. The molecule has 4 rings (SSSR count). The van der Waals surface area contributed by atoms with E-state index in [0.717, 1.165) is 33.6 Å². The highest BCUT2D eigenvalue weighted by Crippen LogP contribution is 2.35. The number of hydrogen-bond donors (Lipinski definition) is 1. The van der Waals surface area contributed by atoms with Gasteiger partial charge < -0.3 is 19.5 Å². The maximum atomic E-state index is 5.55. The number of aryl methyl sites for hydroxylation is 1. The Labute approximate surface area is 162 Å². The lowest BCUT2D eigenvalue weighted by molar-refractivity contribution is 0.369. The molecule has 7 nitrogen and oxygen atoms in total. The molecule has 0 aliphatic carbocycles. The van der Waals surface area contributed by atoms with Gasteiger partial charge in [0, 0.05) is 30.1 Å². The Morgan fingerprint density at radius 3 is 2.36 bits per heavy atom. The normalized spacial score (nSPS) is 11.0. The molecule has 0 atom stereocenters. The Bertz CT molecular complexity index is 1130. The maximum Gasteiger partial charge on any atom is 0.158 e. The fourth-order valence-electron chi connectivity index (χ4n) is 3.34. The van der Waals surface area contributed by atoms with Gasteiger partial charge in [-0.15, -0.1) is 0 Å². The third-order valence-corrected chi connectivity index (χ3v) is 4.68. The van der Waals surface area contributed by atoms with Crippen LogP contribution in [0, 0.1) is 6.92 Å². The zero-order chi connectivity index (χ0) is 19.7. The number of methoxy groups -OCH3 is 3. The number of hydrogen-bond acceptors (Lipinski definition) is 6. The SMILES string of the molecule is COc1cc(OC)c(CNc2nc3cc(C)nn3c3ccccc23)c(OC)c1. The first-order valence-corrected chi connectivity index (χ1v) is 8.92. The molecule has 0 saturated carbocycles. The summed E-state index contributed by atoms with van der Waals surface area (Å²) >= 11 is 0. The number of ether oxygens (including phenoxy) is 3. The third-order valence-electron chi connectivity index (χ3n) is 4.68. The van der Waals surface area contributed by atoms with Crippen LogP contribution in [0.1, 0.15) is 11.3 Å². The van der Waals surface area contributed by atoms with Gasteiger partial charge in [0.05, 0.1) is 38.1 Å². The highest BCUT2D eigenvalue weighted by Gasteiger charge is 2.15. The van der Waals surface area contributed by atoms with Crippen molar-refractivity contribution in [1.82, 2.24) is 14.6 Å². The molecule has 1 N–H and O–H groups in total. The molecule has 2 heterocycles. The van der Waals surface area contributed by atoms with Crippen LogP contribution < -0.4 is 19.5 Å². The second-order valence-corrected chi connectivity index (χ2v) is 6.40. The van der Waals surface area contributed by atoms with Gasteiger partial charge in [-0.25, -0.2) is 9.50 Å². The quantitative estimate of drug-likeness (QED) is 0.550. The van der Waals surface area contributed by atoms with E-state index < -0.39 is 0 Å². The summed E-state index contributed by atoms with van der Waals surface area (Å²) in [5.41, 5.74) is 3.61. The minimum Gasteiger partial charge on any atom is -0.496 e. The van der Waals surface area contributed by atoms with Gasteiger partial charge in [0.2, 0.25) is 0 Å². The molecular weight excluding hydrogens is 356 g/mol. The first-order chi connectivity index (χ1) is 13.6. The highest BCUT2D eigenvalue weighted by molar-refractivity contribution is 5.91. The van der Waals surface area contributed by atoms with E-state index in [4.69, 9.17) is 19.2 Å². The molecule has 0 aliphatic heterocycles. The molecule has 0 aliphatic rings. The highest BCUT2D eigenvalue weighted by atomic mass is 16.5. The fourth-order valence-corrected chi connectivity index (χ4v) is 3.34. The number of benzene rings is 2. The van der Waals surface area contributed by atoms with Crippen molar-refractivity contribution in [2.75, 3.05) is 26.6 Å². The minimum atomic E-state index is 0.483. The van der Waals surface area contributed by atoms with Crippen LogP contribution in [0.25, 0.3) is 16.6 Å². The maximum absolute atomic E-state index is 5.55. The Kier molecular flexibility index (Phi) is 4.65. The summed E-state index contributed by atoms with van der Waals surface area (Å²) in [5.74, 6) is 2.84. The van der Waals surface area contributed by atoms with E-state index >= 15 is 0 Å². The molecule has 0 radical (unpaired) electrons. The lowest BCUT2D eigenvalue weighted by Crippen LogP contribution is -2.07. The molecule has 2 aromatic carbocycles. The van der Waals surface area contributed by atoms with E-state index in [-0.39, 0.29) is 0 Å². The Morgan fingerprint density at radius 2 is 1.68 bits per heavy atom. The topological polar surface area (TPSA) is 69.9 Å². The van der Waals surface area contributed by atoms with Gasteiger partial charge in [-0.1, -0.05) is 12.1 Å². The van der Waals surface area contributed by atoms with Crippen LogP contribution >= 0.6 is 0 Å². The molecule has 28 heavy (non-hydrogen) atoms. The zero-order valence-corrected chi connectivity index (χ0v) is 16.3. The van der Waals surface area contributed by atoms with Gasteiger partial charge >= 0.3 is 0 Å². The van der Waals surface area contributed by atoms with E-state index in [1.807, 2.05) is 53.9 Å². The first-order valence-electron chi connectivity index (χ1n) is 8.92. The average molecular weight is 378 g/mol. The largest absolute Gasteiger partial charge is 0.496 e. The molecule has 0 saturated heterocycles. The molecule has 0 spiro atoms. The summed E-state index contributed by atoms with van der Waals surface area (Å²) in [6, 6.07) is 13.7. The standard InChI is InChI=1S/C21H22N4O3/c1-13-9-20-23-21(15-7-5-6-8-17(15)25(20)24-13)22-12-16-18(27-3)10-14(26-2)11-19(16)28-4/h5-11H,12H2,1-4H3,(H,22,23). The predicted octanol–water partition coefficient (Wildman–Crippen LogP) is 3.83. The molecule has 0 bridgehead atoms. The summed E-state index contributed by atoms with van der Waals surface area (Å²) in [5, 5.41) is 8.98. The summed E-state index contributed by atoms with van der Waals surface area (Å²) in [6.07, 6.45) is 0. The molecule has 144 valence electrons. The van der Waals surface area contributed by atoms with Gasteiger partial charge in [0.1, 0.15) is 23.1 Å². The van der Waals surface area contributed by atoms with Crippen molar-refractivity contribution in [1.29, 1.82) is 0 Å². The lowest BCUT2D eigenvalue weighted by atomic mass is 10.1. The second-order valence-electron chi connectivity index (χ2n) is 6.40. The van der Waals surface area contributed by atoms with Crippen LogP contribution in [0.4, 0.5) is 5.82 Å². The molecule has 0 fully saturated rings. The second kappa shape index (κ2) is 7.26. The molecular formula is C21H22N4O3. The van der Waals surface area contributed by atoms with E-state index in [1.54, 1.807) is 21.3 Å². The lowest BCUT2D eigenvalue weighted by Gasteiger charge is -2.16. The van der Waals surface area contributed by atoms with Crippen LogP contribution in [0.5, 0.6) is 17.2 Å². The Balaban J connectivity index is 1.77. The Morgan fingerprint density at radius 1 is 0.964 bits per heavy atom. The van der Waals surface area contributed by atoms with Gasteiger partial charge in [-0.05, 0) is 19.1 Å². The van der Waals surface area contributed by atoms with Crippen LogP contribution in [-0.4, -0.2) is 35.9 Å². The molecule has 4 aromatic rings. The number of nitrogens with zero attached hydrogens (tertiary/aromatic N) is 3. The average Bonchev–Trinajstić information content (AvgIpc) is 3.11. The fraction of sp³-hybridized carbons (Fsp3) is 0.238. The smallest absolute Gasteiger partial charge is 0.158 e. The van der Waals surface area contributed by atoms with E-state index in [2.05, 4.69) is 10.4 Å². The molecule has 0 amide bonds. The molecule has 7 heteroatoms. The van der Waals surface area contributed by atoms with Crippen molar-refractivity contribution in [2.24, 2.45) is 0 Å². The summed E-state index contributed by atoms with van der Waals surface area (Å²) in [6.45, 7) is 2.44. The van der Waals surface area contributed by atoms with Gasteiger partial charge in [0.25, 0.3) is 0 Å². The van der Waals surface area contributed by atoms with Crippen molar-refractivity contribution >= 4 is 22.4 Å². The predicted molar refractivity (Wildman–Crippen MR) is 109 cm³/mol.